The zero-order valence-corrected chi connectivity index (χ0v) is 12.6. The third-order valence-electron chi connectivity index (χ3n) is 4.94. The van der Waals surface area contributed by atoms with E-state index in [4.69, 9.17) is 0 Å². The summed E-state index contributed by atoms with van der Waals surface area (Å²) in [7, 11) is 0. The number of likely N-dealkylation sites (tertiary alicyclic amines) is 1. The largest absolute Gasteiger partial charge is 0.340 e. The van der Waals surface area contributed by atoms with Crippen molar-refractivity contribution in [2.45, 2.75) is 31.2 Å². The molecule has 1 aliphatic heterocycles. The molecule has 0 spiro atoms. The van der Waals surface area contributed by atoms with Crippen molar-refractivity contribution >= 4 is 5.91 Å². The van der Waals surface area contributed by atoms with Crippen molar-refractivity contribution < 1.29 is 4.79 Å². The van der Waals surface area contributed by atoms with Crippen molar-refractivity contribution in [1.29, 1.82) is 0 Å². The smallest absolute Gasteiger partial charge is 0.226 e. The first-order chi connectivity index (χ1) is 10.8. The highest BCUT2D eigenvalue weighted by Crippen LogP contribution is 2.48. The van der Waals surface area contributed by atoms with Crippen molar-refractivity contribution in [3.63, 3.8) is 0 Å². The summed E-state index contributed by atoms with van der Waals surface area (Å²) in [5.74, 6) is 0.961. The van der Waals surface area contributed by atoms with Crippen LogP contribution in [0.4, 0.5) is 0 Å². The monoisotopic (exact) mass is 295 g/mol. The van der Waals surface area contributed by atoms with E-state index in [0.717, 1.165) is 32.4 Å². The number of hydrogen-bond donors (Lipinski definition) is 0. The summed E-state index contributed by atoms with van der Waals surface area (Å²) in [5, 5.41) is 4.34. The molecule has 2 heterocycles. The predicted octanol–water partition coefficient (Wildman–Crippen LogP) is 2.85. The summed E-state index contributed by atoms with van der Waals surface area (Å²) in [6, 6.07) is 12.7. The first-order valence-electron chi connectivity index (χ1n) is 8.16. The molecule has 3 atom stereocenters. The number of nitrogens with zero attached hydrogens (tertiary/aromatic N) is 3. The SMILES string of the molecule is O=C([C@@H]1C[C@H]1c1ccccc1)N1CCC[C@@H](n2cccn2)C1. The molecule has 1 aliphatic carbocycles. The van der Waals surface area contributed by atoms with E-state index >= 15 is 0 Å². The lowest BCUT2D eigenvalue weighted by molar-refractivity contribution is -0.134. The number of aromatic nitrogens is 2. The Labute approximate surface area is 130 Å². The van der Waals surface area contributed by atoms with Crippen LogP contribution in [0.1, 0.15) is 36.8 Å². The van der Waals surface area contributed by atoms with Crippen LogP contribution >= 0.6 is 0 Å². The molecule has 1 aromatic carbocycles. The number of amides is 1. The van der Waals surface area contributed by atoms with Crippen molar-refractivity contribution in [2.75, 3.05) is 13.1 Å². The summed E-state index contributed by atoms with van der Waals surface area (Å²) in [4.78, 5) is 14.8. The molecule has 0 N–H and O–H groups in total. The molecule has 4 rings (SSSR count). The molecular weight excluding hydrogens is 274 g/mol. The highest BCUT2D eigenvalue weighted by atomic mass is 16.2. The number of carbonyl (C=O) groups excluding carboxylic acids is 1. The lowest BCUT2D eigenvalue weighted by Gasteiger charge is -2.33. The van der Waals surface area contributed by atoms with Crippen LogP contribution in [0.25, 0.3) is 0 Å². The van der Waals surface area contributed by atoms with E-state index in [-0.39, 0.29) is 5.92 Å². The maximum atomic E-state index is 12.8. The van der Waals surface area contributed by atoms with Crippen LogP contribution in [0.15, 0.2) is 48.8 Å². The molecular formula is C18H21N3O. The summed E-state index contributed by atoms with van der Waals surface area (Å²) in [6.07, 6.45) is 7.00. The third kappa shape index (κ3) is 2.54. The number of hydrogen-bond acceptors (Lipinski definition) is 2. The van der Waals surface area contributed by atoms with Gasteiger partial charge in [0.1, 0.15) is 0 Å². The Hall–Kier alpha value is -2.10. The molecule has 2 aromatic rings. The van der Waals surface area contributed by atoms with Crippen LogP contribution in [-0.2, 0) is 4.79 Å². The zero-order chi connectivity index (χ0) is 14.9. The second kappa shape index (κ2) is 5.59. The number of carbonyl (C=O) groups is 1. The lowest BCUT2D eigenvalue weighted by Crippen LogP contribution is -2.41. The van der Waals surface area contributed by atoms with Gasteiger partial charge in [-0.25, -0.2) is 0 Å². The fraction of sp³-hybridized carbons (Fsp3) is 0.444. The molecule has 22 heavy (non-hydrogen) atoms. The minimum absolute atomic E-state index is 0.193. The van der Waals surface area contributed by atoms with Gasteiger partial charge in [-0.1, -0.05) is 30.3 Å². The summed E-state index contributed by atoms with van der Waals surface area (Å²) < 4.78 is 2.00. The normalized spacial score (nSPS) is 27.6. The highest BCUT2D eigenvalue weighted by molar-refractivity contribution is 5.83. The fourth-order valence-corrected chi connectivity index (χ4v) is 3.64. The van der Waals surface area contributed by atoms with E-state index in [1.54, 1.807) is 0 Å². The molecule has 2 fully saturated rings. The van der Waals surface area contributed by atoms with Crippen LogP contribution in [0.3, 0.4) is 0 Å². The Balaban J connectivity index is 1.41. The van der Waals surface area contributed by atoms with Gasteiger partial charge in [-0.05, 0) is 36.8 Å². The van der Waals surface area contributed by atoms with E-state index in [2.05, 4.69) is 34.3 Å². The van der Waals surface area contributed by atoms with Crippen LogP contribution in [0.2, 0.25) is 0 Å². The van der Waals surface area contributed by atoms with Gasteiger partial charge in [-0.3, -0.25) is 9.48 Å². The molecule has 0 bridgehead atoms. The molecule has 1 saturated carbocycles. The number of piperidine rings is 1. The van der Waals surface area contributed by atoms with E-state index in [0.29, 0.717) is 17.9 Å². The van der Waals surface area contributed by atoms with Crippen molar-refractivity contribution in [3.8, 4) is 0 Å². The summed E-state index contributed by atoms with van der Waals surface area (Å²) in [5.41, 5.74) is 1.31. The Morgan fingerprint density at radius 1 is 1.18 bits per heavy atom. The molecule has 1 amide bonds. The van der Waals surface area contributed by atoms with E-state index < -0.39 is 0 Å². The second-order valence-corrected chi connectivity index (χ2v) is 6.43. The van der Waals surface area contributed by atoms with Gasteiger partial charge in [0.15, 0.2) is 0 Å². The van der Waals surface area contributed by atoms with E-state index in [1.807, 2.05) is 29.2 Å². The maximum absolute atomic E-state index is 12.8. The zero-order valence-electron chi connectivity index (χ0n) is 12.6. The van der Waals surface area contributed by atoms with Crippen molar-refractivity contribution in [2.24, 2.45) is 5.92 Å². The minimum Gasteiger partial charge on any atom is -0.340 e. The van der Waals surface area contributed by atoms with Gasteiger partial charge < -0.3 is 4.90 Å². The highest BCUT2D eigenvalue weighted by Gasteiger charge is 2.46. The van der Waals surface area contributed by atoms with Crippen LogP contribution in [-0.4, -0.2) is 33.7 Å². The van der Waals surface area contributed by atoms with Crippen molar-refractivity contribution in [1.82, 2.24) is 14.7 Å². The number of benzene rings is 1. The Bertz CT molecular complexity index is 638. The molecule has 4 heteroatoms. The third-order valence-corrected chi connectivity index (χ3v) is 4.94. The fourth-order valence-electron chi connectivity index (χ4n) is 3.64. The molecule has 2 aliphatic rings. The lowest BCUT2D eigenvalue weighted by atomic mass is 10.0. The van der Waals surface area contributed by atoms with Gasteiger partial charge in [-0.2, -0.15) is 5.10 Å². The topological polar surface area (TPSA) is 38.1 Å². The van der Waals surface area contributed by atoms with Gasteiger partial charge >= 0.3 is 0 Å². The standard InChI is InChI=1S/C18H21N3O/c22-18(17-12-16(17)14-6-2-1-3-7-14)20-10-4-8-15(13-20)21-11-5-9-19-21/h1-3,5-7,9,11,15-17H,4,8,10,12-13H2/t15-,16+,17-/m1/s1. The molecule has 4 nitrogen and oxygen atoms in total. The summed E-state index contributed by atoms with van der Waals surface area (Å²) >= 11 is 0. The van der Waals surface area contributed by atoms with Crippen molar-refractivity contribution in [3.05, 3.63) is 54.4 Å². The van der Waals surface area contributed by atoms with Crippen LogP contribution < -0.4 is 0 Å². The van der Waals surface area contributed by atoms with Gasteiger partial charge in [0.25, 0.3) is 0 Å². The molecule has 114 valence electrons. The average molecular weight is 295 g/mol. The van der Waals surface area contributed by atoms with E-state index in [1.165, 1.54) is 5.56 Å². The van der Waals surface area contributed by atoms with Crippen LogP contribution in [0, 0.1) is 5.92 Å². The van der Waals surface area contributed by atoms with Gasteiger partial charge in [0, 0.05) is 31.4 Å². The van der Waals surface area contributed by atoms with Gasteiger partial charge in [0.05, 0.1) is 6.04 Å². The van der Waals surface area contributed by atoms with Crippen LogP contribution in [0.5, 0.6) is 0 Å². The maximum Gasteiger partial charge on any atom is 0.226 e. The quantitative estimate of drug-likeness (QED) is 0.873. The predicted molar refractivity (Wildman–Crippen MR) is 84.4 cm³/mol. The molecule has 1 aromatic heterocycles. The van der Waals surface area contributed by atoms with Gasteiger partial charge in [-0.15, -0.1) is 0 Å². The average Bonchev–Trinajstić information content (AvgIpc) is 3.19. The molecule has 1 saturated heterocycles. The van der Waals surface area contributed by atoms with E-state index in [9.17, 15) is 4.79 Å². The first kappa shape index (κ1) is 13.6. The molecule has 0 unspecified atom stereocenters. The Morgan fingerprint density at radius 2 is 2.05 bits per heavy atom. The second-order valence-electron chi connectivity index (χ2n) is 6.43. The Kier molecular flexibility index (Phi) is 3.45. The first-order valence-corrected chi connectivity index (χ1v) is 8.16. The molecule has 0 radical (unpaired) electrons. The minimum atomic E-state index is 0.193. The summed E-state index contributed by atoms with van der Waals surface area (Å²) in [6.45, 7) is 1.70. The van der Waals surface area contributed by atoms with Gasteiger partial charge in [0.2, 0.25) is 5.91 Å². The number of rotatable bonds is 3. The Morgan fingerprint density at radius 3 is 2.82 bits per heavy atom.